The number of rotatable bonds is 5. The van der Waals surface area contributed by atoms with E-state index in [0.29, 0.717) is 41.1 Å². The summed E-state index contributed by atoms with van der Waals surface area (Å²) in [6, 6.07) is 17.2. The second-order valence-electron chi connectivity index (χ2n) is 5.90. The fraction of sp³-hybridized carbons (Fsp3) is 0.200. The third-order valence-electron chi connectivity index (χ3n) is 4.24. The lowest BCUT2D eigenvalue weighted by molar-refractivity contribution is 0.369. The van der Waals surface area contributed by atoms with Gasteiger partial charge in [-0.15, -0.1) is 0 Å². The molecule has 0 aliphatic carbocycles. The van der Waals surface area contributed by atoms with Crippen LogP contribution in [0.15, 0.2) is 64.5 Å². The smallest absolute Gasteiger partial charge is 0.261 e. The van der Waals surface area contributed by atoms with E-state index in [1.165, 1.54) is 0 Å². The predicted molar refractivity (Wildman–Crippen MR) is 102 cm³/mol. The quantitative estimate of drug-likeness (QED) is 0.644. The number of ether oxygens (including phenoxy) is 2. The first kappa shape index (κ1) is 16.7. The first-order valence-corrected chi connectivity index (χ1v) is 9.36. The van der Waals surface area contributed by atoms with E-state index in [9.17, 15) is 4.79 Å². The molecule has 0 N–H and O–H groups in total. The summed E-state index contributed by atoms with van der Waals surface area (Å²) < 4.78 is 13.1. The van der Waals surface area contributed by atoms with Crippen LogP contribution < -0.4 is 15.0 Å². The largest absolute Gasteiger partial charge is 0.493 e. The van der Waals surface area contributed by atoms with Crippen molar-refractivity contribution in [3.8, 4) is 17.4 Å². The second-order valence-corrected chi connectivity index (χ2v) is 6.96. The average molecular weight is 366 g/mol. The van der Waals surface area contributed by atoms with Gasteiger partial charge in [0.1, 0.15) is 0 Å². The molecule has 0 fully saturated rings. The highest BCUT2D eigenvalue weighted by molar-refractivity contribution is 7.99. The Hall–Kier alpha value is -2.73. The molecule has 26 heavy (non-hydrogen) atoms. The Labute approximate surface area is 155 Å². The number of hydrogen-bond donors (Lipinski definition) is 0. The van der Waals surface area contributed by atoms with Crippen molar-refractivity contribution in [1.29, 1.82) is 0 Å². The predicted octanol–water partition coefficient (Wildman–Crippen LogP) is 3.74. The number of aromatic nitrogens is 2. The Morgan fingerprint density at radius 2 is 1.81 bits per heavy atom. The summed E-state index contributed by atoms with van der Waals surface area (Å²) in [4.78, 5) is 17.7. The molecule has 0 bridgehead atoms. The monoisotopic (exact) mass is 366 g/mol. The number of thioether (sulfide) groups is 1. The van der Waals surface area contributed by atoms with Gasteiger partial charge in [0.25, 0.3) is 5.56 Å². The van der Waals surface area contributed by atoms with Crippen molar-refractivity contribution >= 4 is 11.8 Å². The highest BCUT2D eigenvalue weighted by Crippen LogP contribution is 2.33. The van der Waals surface area contributed by atoms with Crippen LogP contribution in [0, 0.1) is 0 Å². The minimum Gasteiger partial charge on any atom is -0.493 e. The summed E-state index contributed by atoms with van der Waals surface area (Å²) in [7, 11) is 1.59. The molecule has 1 aliphatic heterocycles. The van der Waals surface area contributed by atoms with E-state index in [4.69, 9.17) is 9.47 Å². The molecule has 0 saturated carbocycles. The number of hydrogen-bond acceptors (Lipinski definition) is 5. The molecule has 6 heteroatoms. The highest BCUT2D eigenvalue weighted by atomic mass is 32.2. The van der Waals surface area contributed by atoms with Gasteiger partial charge in [-0.25, -0.2) is 0 Å². The fourth-order valence-corrected chi connectivity index (χ4v) is 3.87. The van der Waals surface area contributed by atoms with Crippen LogP contribution in [0.4, 0.5) is 0 Å². The van der Waals surface area contributed by atoms with Crippen molar-refractivity contribution in [2.24, 2.45) is 0 Å². The molecular weight excluding hydrogens is 348 g/mol. The van der Waals surface area contributed by atoms with Crippen molar-refractivity contribution in [2.45, 2.75) is 18.1 Å². The zero-order valence-corrected chi connectivity index (χ0v) is 15.2. The van der Waals surface area contributed by atoms with Gasteiger partial charge in [-0.1, -0.05) is 54.2 Å². The lowest BCUT2D eigenvalue weighted by Crippen LogP contribution is -2.25. The van der Waals surface area contributed by atoms with Gasteiger partial charge in [-0.2, -0.15) is 4.98 Å². The Morgan fingerprint density at radius 1 is 1.08 bits per heavy atom. The molecule has 0 amide bonds. The minimum atomic E-state index is -0.0336. The molecular formula is C20H18N2O3S. The van der Waals surface area contributed by atoms with E-state index >= 15 is 0 Å². The van der Waals surface area contributed by atoms with Gasteiger partial charge in [-0.3, -0.25) is 9.36 Å². The summed E-state index contributed by atoms with van der Waals surface area (Å²) in [6.07, 6.45) is 0.474. The molecule has 0 saturated heterocycles. The Morgan fingerprint density at radius 3 is 2.58 bits per heavy atom. The van der Waals surface area contributed by atoms with Gasteiger partial charge < -0.3 is 9.47 Å². The van der Waals surface area contributed by atoms with E-state index in [2.05, 4.69) is 4.98 Å². The van der Waals surface area contributed by atoms with Gasteiger partial charge in [0.2, 0.25) is 5.88 Å². The molecule has 0 radical (unpaired) electrons. The van der Waals surface area contributed by atoms with Gasteiger partial charge >= 0.3 is 0 Å². The zero-order valence-electron chi connectivity index (χ0n) is 14.3. The normalized spacial score (nSPS) is 12.7. The lowest BCUT2D eigenvalue weighted by atomic mass is 10.1. The fourth-order valence-electron chi connectivity index (χ4n) is 2.93. The third kappa shape index (κ3) is 3.20. The number of para-hydroxylation sites is 2. The first-order valence-electron chi connectivity index (χ1n) is 8.37. The van der Waals surface area contributed by atoms with Crippen LogP contribution in [0.5, 0.6) is 17.4 Å². The summed E-state index contributed by atoms with van der Waals surface area (Å²) in [5.41, 5.74) is 1.57. The topological polar surface area (TPSA) is 53.4 Å². The zero-order chi connectivity index (χ0) is 17.9. The molecule has 0 unspecified atom stereocenters. The molecule has 0 spiro atoms. The van der Waals surface area contributed by atoms with Gasteiger partial charge in [0, 0.05) is 18.7 Å². The summed E-state index contributed by atoms with van der Waals surface area (Å²) in [6.45, 7) is 0.683. The SMILES string of the molecule is COc1ccccc1Oc1nc2n(c(=O)c1Cc1ccccc1)CCS2. The number of benzene rings is 2. The van der Waals surface area contributed by atoms with E-state index in [-0.39, 0.29) is 5.56 Å². The Balaban J connectivity index is 1.80. The van der Waals surface area contributed by atoms with E-state index < -0.39 is 0 Å². The van der Waals surface area contributed by atoms with Gasteiger partial charge in [0.05, 0.1) is 12.7 Å². The van der Waals surface area contributed by atoms with Crippen LogP contribution in [0.2, 0.25) is 0 Å². The molecule has 2 heterocycles. The molecule has 2 aromatic carbocycles. The van der Waals surface area contributed by atoms with Crippen LogP contribution >= 0.6 is 11.8 Å². The first-order chi connectivity index (χ1) is 12.8. The number of methoxy groups -OCH3 is 1. The minimum absolute atomic E-state index is 0.0336. The molecule has 1 aromatic heterocycles. The number of nitrogens with zero attached hydrogens (tertiary/aromatic N) is 2. The lowest BCUT2D eigenvalue weighted by Gasteiger charge is -2.14. The Kier molecular flexibility index (Phi) is 4.67. The second kappa shape index (κ2) is 7.25. The maximum atomic E-state index is 13.0. The average Bonchev–Trinajstić information content (AvgIpc) is 3.15. The van der Waals surface area contributed by atoms with Crippen molar-refractivity contribution in [3.63, 3.8) is 0 Å². The van der Waals surface area contributed by atoms with Crippen LogP contribution in [-0.2, 0) is 13.0 Å². The summed E-state index contributed by atoms with van der Waals surface area (Å²) in [5, 5.41) is 0.705. The molecule has 5 nitrogen and oxygen atoms in total. The maximum Gasteiger partial charge on any atom is 0.261 e. The van der Waals surface area contributed by atoms with E-state index in [0.717, 1.165) is 11.3 Å². The van der Waals surface area contributed by atoms with Crippen LogP contribution in [0.1, 0.15) is 11.1 Å². The summed E-state index contributed by atoms with van der Waals surface area (Å²) in [5.74, 6) is 2.35. The van der Waals surface area contributed by atoms with E-state index in [1.54, 1.807) is 23.4 Å². The molecule has 3 aromatic rings. The Bertz CT molecular complexity index is 986. The third-order valence-corrected chi connectivity index (χ3v) is 5.19. The molecule has 1 aliphatic rings. The molecule has 4 rings (SSSR count). The van der Waals surface area contributed by atoms with E-state index in [1.807, 2.05) is 54.6 Å². The highest BCUT2D eigenvalue weighted by Gasteiger charge is 2.23. The summed E-state index contributed by atoms with van der Waals surface area (Å²) >= 11 is 1.57. The van der Waals surface area contributed by atoms with Crippen molar-refractivity contribution < 1.29 is 9.47 Å². The van der Waals surface area contributed by atoms with Crippen molar-refractivity contribution in [2.75, 3.05) is 12.9 Å². The molecule has 132 valence electrons. The molecule has 0 atom stereocenters. The van der Waals surface area contributed by atoms with Gasteiger partial charge in [-0.05, 0) is 17.7 Å². The van der Waals surface area contributed by atoms with Crippen LogP contribution in [0.3, 0.4) is 0 Å². The van der Waals surface area contributed by atoms with Crippen molar-refractivity contribution in [1.82, 2.24) is 9.55 Å². The van der Waals surface area contributed by atoms with Crippen LogP contribution in [-0.4, -0.2) is 22.4 Å². The standard InChI is InChI=1S/C20H18N2O3S/c1-24-16-9-5-6-10-17(16)25-18-15(13-14-7-3-2-4-8-14)19(23)22-11-12-26-20(22)21-18/h2-10H,11-13H2,1H3. The van der Waals surface area contributed by atoms with Gasteiger partial charge in [0.15, 0.2) is 16.7 Å². The number of fused-ring (bicyclic) bond motifs is 1. The van der Waals surface area contributed by atoms with Crippen LogP contribution in [0.25, 0.3) is 0 Å². The maximum absolute atomic E-state index is 13.0. The van der Waals surface area contributed by atoms with Crippen molar-refractivity contribution in [3.05, 3.63) is 76.1 Å².